The summed E-state index contributed by atoms with van der Waals surface area (Å²) in [5.74, 6) is 1.52. The van der Waals surface area contributed by atoms with Gasteiger partial charge in [0, 0.05) is 18.2 Å². The first-order valence-electron chi connectivity index (χ1n) is 7.72. The Kier molecular flexibility index (Phi) is 4.05. The first-order chi connectivity index (χ1) is 10.2. The number of nitrogens with zero attached hydrogens (tertiary/aromatic N) is 5. The molecule has 3 rings (SSSR count). The van der Waals surface area contributed by atoms with Crippen molar-refractivity contribution in [1.82, 2.24) is 24.8 Å². The fourth-order valence-corrected chi connectivity index (χ4v) is 3.04. The Hall–Kier alpha value is -1.69. The Labute approximate surface area is 125 Å². The van der Waals surface area contributed by atoms with Gasteiger partial charge < -0.3 is 4.52 Å². The zero-order chi connectivity index (χ0) is 14.8. The van der Waals surface area contributed by atoms with Crippen LogP contribution in [0.25, 0.3) is 0 Å². The van der Waals surface area contributed by atoms with Crippen LogP contribution in [0.1, 0.15) is 42.9 Å². The first-order valence-corrected chi connectivity index (χ1v) is 7.72. The maximum absolute atomic E-state index is 5.32. The molecule has 0 saturated carbocycles. The highest BCUT2D eigenvalue weighted by Gasteiger charge is 2.27. The summed E-state index contributed by atoms with van der Waals surface area (Å²) in [6.45, 7) is 8.97. The molecule has 0 amide bonds. The van der Waals surface area contributed by atoms with Crippen LogP contribution in [0, 0.1) is 13.8 Å². The van der Waals surface area contributed by atoms with Crippen LogP contribution in [0.4, 0.5) is 0 Å². The molecule has 1 fully saturated rings. The lowest BCUT2D eigenvalue weighted by Crippen LogP contribution is -2.33. The van der Waals surface area contributed by atoms with Crippen molar-refractivity contribution in [2.75, 3.05) is 6.54 Å². The molecule has 6 heteroatoms. The van der Waals surface area contributed by atoms with Crippen molar-refractivity contribution in [2.24, 2.45) is 0 Å². The lowest BCUT2D eigenvalue weighted by molar-refractivity contribution is 0.191. The number of aromatic nitrogens is 4. The number of likely N-dealkylation sites (tertiary alicyclic amines) is 1. The summed E-state index contributed by atoms with van der Waals surface area (Å²) in [6.07, 6.45) is 3.24. The van der Waals surface area contributed by atoms with Crippen molar-refractivity contribution in [3.8, 4) is 0 Å². The van der Waals surface area contributed by atoms with Crippen molar-refractivity contribution < 1.29 is 4.52 Å². The quantitative estimate of drug-likeness (QED) is 0.843. The minimum atomic E-state index is 0.500. The van der Waals surface area contributed by atoms with Crippen LogP contribution in [0.15, 0.2) is 10.6 Å². The predicted octanol–water partition coefficient (Wildman–Crippen LogP) is 2.11. The molecule has 0 aliphatic carbocycles. The average molecular weight is 289 g/mol. The Bertz CT molecular complexity index is 603. The summed E-state index contributed by atoms with van der Waals surface area (Å²) in [5.41, 5.74) is 2.31. The molecule has 2 aromatic heterocycles. The van der Waals surface area contributed by atoms with E-state index in [-0.39, 0.29) is 0 Å². The molecular weight excluding hydrogens is 266 g/mol. The minimum Gasteiger partial charge on any atom is -0.338 e. The molecule has 114 valence electrons. The van der Waals surface area contributed by atoms with Gasteiger partial charge >= 0.3 is 0 Å². The van der Waals surface area contributed by atoms with Gasteiger partial charge in [0.15, 0.2) is 5.82 Å². The Morgan fingerprint density at radius 3 is 2.90 bits per heavy atom. The van der Waals surface area contributed by atoms with Gasteiger partial charge in [0.2, 0.25) is 5.89 Å². The lowest BCUT2D eigenvalue weighted by Gasteiger charge is -2.23. The smallest absolute Gasteiger partial charge is 0.240 e. The van der Waals surface area contributed by atoms with Crippen LogP contribution < -0.4 is 0 Å². The van der Waals surface area contributed by atoms with Crippen LogP contribution in [0.2, 0.25) is 0 Å². The normalized spacial score (nSPS) is 19.5. The molecule has 1 saturated heterocycles. The molecule has 0 N–H and O–H groups in total. The van der Waals surface area contributed by atoms with Crippen molar-refractivity contribution in [2.45, 2.75) is 59.2 Å². The molecule has 0 unspecified atom stereocenters. The Morgan fingerprint density at radius 2 is 2.24 bits per heavy atom. The molecule has 0 bridgehead atoms. The maximum Gasteiger partial charge on any atom is 0.240 e. The van der Waals surface area contributed by atoms with E-state index in [0.717, 1.165) is 43.5 Å². The standard InChI is InChI=1S/C15H23N5O/c1-4-14-16-15(21-18-14)10-19-7-5-6-13(19)9-20-12(3)8-11(2)17-20/h8,13H,4-7,9-10H2,1-3H3/t13-/m1/s1. The van der Waals surface area contributed by atoms with Crippen molar-refractivity contribution in [3.63, 3.8) is 0 Å². The fraction of sp³-hybridized carbons (Fsp3) is 0.667. The molecule has 6 nitrogen and oxygen atoms in total. The topological polar surface area (TPSA) is 60.0 Å². The van der Waals surface area contributed by atoms with E-state index in [9.17, 15) is 0 Å². The molecule has 1 atom stereocenters. The van der Waals surface area contributed by atoms with Crippen molar-refractivity contribution >= 4 is 0 Å². The number of hydrogen-bond donors (Lipinski definition) is 0. The SMILES string of the molecule is CCc1noc(CN2CCC[C@@H]2Cn2nc(C)cc2C)n1. The van der Waals surface area contributed by atoms with E-state index >= 15 is 0 Å². The summed E-state index contributed by atoms with van der Waals surface area (Å²) in [5, 5.41) is 8.54. The van der Waals surface area contributed by atoms with Gasteiger partial charge in [-0.2, -0.15) is 10.1 Å². The highest BCUT2D eigenvalue weighted by atomic mass is 16.5. The van der Waals surface area contributed by atoms with Gasteiger partial charge in [-0.05, 0) is 39.3 Å². The van der Waals surface area contributed by atoms with Crippen LogP contribution in [-0.4, -0.2) is 37.4 Å². The number of hydrogen-bond acceptors (Lipinski definition) is 5. The van der Waals surface area contributed by atoms with Gasteiger partial charge in [-0.3, -0.25) is 9.58 Å². The molecule has 2 aromatic rings. The second kappa shape index (κ2) is 5.97. The van der Waals surface area contributed by atoms with E-state index in [0.29, 0.717) is 6.04 Å². The monoisotopic (exact) mass is 289 g/mol. The highest BCUT2D eigenvalue weighted by molar-refractivity contribution is 5.07. The van der Waals surface area contributed by atoms with E-state index in [4.69, 9.17) is 4.52 Å². The van der Waals surface area contributed by atoms with Crippen molar-refractivity contribution in [1.29, 1.82) is 0 Å². The van der Waals surface area contributed by atoms with Crippen LogP contribution in [0.3, 0.4) is 0 Å². The number of rotatable bonds is 5. The number of aryl methyl sites for hydroxylation is 3. The minimum absolute atomic E-state index is 0.500. The van der Waals surface area contributed by atoms with E-state index in [1.807, 2.05) is 13.8 Å². The Balaban J connectivity index is 1.66. The molecule has 0 spiro atoms. The second-order valence-electron chi connectivity index (χ2n) is 5.83. The van der Waals surface area contributed by atoms with E-state index < -0.39 is 0 Å². The van der Waals surface area contributed by atoms with Gasteiger partial charge in [-0.15, -0.1) is 0 Å². The average Bonchev–Trinajstić information content (AvgIpc) is 3.14. The van der Waals surface area contributed by atoms with Crippen LogP contribution >= 0.6 is 0 Å². The molecule has 21 heavy (non-hydrogen) atoms. The molecule has 1 aliphatic heterocycles. The zero-order valence-electron chi connectivity index (χ0n) is 13.0. The first kappa shape index (κ1) is 14.3. The molecule has 3 heterocycles. The molecule has 1 aliphatic rings. The highest BCUT2D eigenvalue weighted by Crippen LogP contribution is 2.21. The van der Waals surface area contributed by atoms with Gasteiger partial charge in [0.05, 0.1) is 18.8 Å². The third-order valence-corrected chi connectivity index (χ3v) is 4.15. The molecule has 0 radical (unpaired) electrons. The maximum atomic E-state index is 5.32. The van der Waals surface area contributed by atoms with Gasteiger partial charge in [-0.25, -0.2) is 0 Å². The summed E-state index contributed by atoms with van der Waals surface area (Å²) in [6, 6.07) is 2.63. The predicted molar refractivity (Wildman–Crippen MR) is 78.8 cm³/mol. The summed E-state index contributed by atoms with van der Waals surface area (Å²) in [7, 11) is 0. The van der Waals surface area contributed by atoms with Gasteiger partial charge in [0.25, 0.3) is 0 Å². The van der Waals surface area contributed by atoms with Crippen LogP contribution in [0.5, 0.6) is 0 Å². The van der Waals surface area contributed by atoms with Crippen LogP contribution in [-0.2, 0) is 19.5 Å². The Morgan fingerprint density at radius 1 is 1.38 bits per heavy atom. The van der Waals surface area contributed by atoms with Gasteiger partial charge in [-0.1, -0.05) is 12.1 Å². The third-order valence-electron chi connectivity index (χ3n) is 4.15. The fourth-order valence-electron chi connectivity index (χ4n) is 3.04. The molecule has 0 aromatic carbocycles. The zero-order valence-corrected chi connectivity index (χ0v) is 13.0. The van der Waals surface area contributed by atoms with Gasteiger partial charge in [0.1, 0.15) is 0 Å². The lowest BCUT2D eigenvalue weighted by atomic mass is 10.2. The van der Waals surface area contributed by atoms with E-state index in [1.54, 1.807) is 0 Å². The third kappa shape index (κ3) is 3.15. The van der Waals surface area contributed by atoms with E-state index in [2.05, 4.69) is 37.8 Å². The summed E-state index contributed by atoms with van der Waals surface area (Å²) in [4.78, 5) is 6.85. The van der Waals surface area contributed by atoms with Crippen molar-refractivity contribution in [3.05, 3.63) is 29.2 Å². The summed E-state index contributed by atoms with van der Waals surface area (Å²) < 4.78 is 7.43. The van der Waals surface area contributed by atoms with E-state index in [1.165, 1.54) is 18.5 Å². The largest absolute Gasteiger partial charge is 0.338 e. The summed E-state index contributed by atoms with van der Waals surface area (Å²) >= 11 is 0. The second-order valence-corrected chi connectivity index (χ2v) is 5.83. The molecular formula is C15H23N5O.